The van der Waals surface area contributed by atoms with Crippen LogP contribution in [0.4, 0.5) is 0 Å². The SMILES string of the molecule is CCC(Br)C(=O)OCc1cccc(Oc2ccccc2)c1. The molecule has 21 heavy (non-hydrogen) atoms. The van der Waals surface area contributed by atoms with Gasteiger partial charge in [-0.3, -0.25) is 4.79 Å². The Morgan fingerprint density at radius 3 is 2.52 bits per heavy atom. The molecule has 0 spiro atoms. The van der Waals surface area contributed by atoms with Gasteiger partial charge < -0.3 is 9.47 Å². The molecule has 0 amide bonds. The third kappa shape index (κ3) is 4.90. The van der Waals surface area contributed by atoms with Crippen molar-refractivity contribution in [2.75, 3.05) is 0 Å². The summed E-state index contributed by atoms with van der Waals surface area (Å²) in [7, 11) is 0. The molecule has 2 aromatic carbocycles. The van der Waals surface area contributed by atoms with Crippen LogP contribution in [0, 0.1) is 0 Å². The van der Waals surface area contributed by atoms with Crippen molar-refractivity contribution in [1.29, 1.82) is 0 Å². The molecule has 0 radical (unpaired) electrons. The first-order valence-electron chi connectivity index (χ1n) is 6.81. The second-order valence-corrected chi connectivity index (χ2v) is 5.65. The average Bonchev–Trinajstić information content (AvgIpc) is 2.53. The van der Waals surface area contributed by atoms with Gasteiger partial charge in [-0.15, -0.1) is 0 Å². The molecule has 0 heterocycles. The van der Waals surface area contributed by atoms with Gasteiger partial charge in [0.15, 0.2) is 0 Å². The van der Waals surface area contributed by atoms with Gasteiger partial charge in [0.1, 0.15) is 22.9 Å². The van der Waals surface area contributed by atoms with E-state index in [1.165, 1.54) is 0 Å². The highest BCUT2D eigenvalue weighted by Gasteiger charge is 2.13. The van der Waals surface area contributed by atoms with E-state index in [2.05, 4.69) is 15.9 Å². The number of rotatable bonds is 6. The van der Waals surface area contributed by atoms with Gasteiger partial charge in [-0.1, -0.05) is 53.2 Å². The Morgan fingerprint density at radius 2 is 1.81 bits per heavy atom. The predicted molar refractivity (Wildman–Crippen MR) is 85.8 cm³/mol. The van der Waals surface area contributed by atoms with Gasteiger partial charge in [0, 0.05) is 0 Å². The maximum absolute atomic E-state index is 11.6. The van der Waals surface area contributed by atoms with Crippen LogP contribution in [0.3, 0.4) is 0 Å². The van der Waals surface area contributed by atoms with Gasteiger partial charge >= 0.3 is 5.97 Å². The first kappa shape index (κ1) is 15.6. The van der Waals surface area contributed by atoms with E-state index in [0.717, 1.165) is 17.1 Å². The minimum atomic E-state index is -0.249. The number of ether oxygens (including phenoxy) is 2. The topological polar surface area (TPSA) is 35.5 Å². The third-order valence-corrected chi connectivity index (χ3v) is 3.89. The van der Waals surface area contributed by atoms with Crippen LogP contribution >= 0.6 is 15.9 Å². The maximum atomic E-state index is 11.6. The lowest BCUT2D eigenvalue weighted by molar-refractivity contribution is -0.144. The molecule has 110 valence electrons. The van der Waals surface area contributed by atoms with Crippen molar-refractivity contribution < 1.29 is 14.3 Å². The number of para-hydroxylation sites is 1. The van der Waals surface area contributed by atoms with Crippen LogP contribution < -0.4 is 4.74 Å². The molecule has 0 saturated carbocycles. The zero-order valence-corrected chi connectivity index (χ0v) is 13.4. The molecule has 0 aliphatic rings. The summed E-state index contributed by atoms with van der Waals surface area (Å²) in [6.07, 6.45) is 0.704. The zero-order chi connectivity index (χ0) is 15.1. The molecule has 0 N–H and O–H groups in total. The van der Waals surface area contributed by atoms with Crippen LogP contribution in [0.2, 0.25) is 0 Å². The Morgan fingerprint density at radius 1 is 1.10 bits per heavy atom. The third-order valence-electron chi connectivity index (χ3n) is 2.87. The standard InChI is InChI=1S/C17H17BrO3/c1-2-16(18)17(19)20-12-13-7-6-10-15(11-13)21-14-8-4-3-5-9-14/h3-11,16H,2,12H2,1H3. The van der Waals surface area contributed by atoms with Gasteiger partial charge in [0.25, 0.3) is 0 Å². The Hall–Kier alpha value is -1.81. The Labute approximate surface area is 133 Å². The van der Waals surface area contributed by atoms with Crippen LogP contribution in [0.5, 0.6) is 11.5 Å². The van der Waals surface area contributed by atoms with Crippen LogP contribution in [0.15, 0.2) is 54.6 Å². The number of benzene rings is 2. The van der Waals surface area contributed by atoms with Crippen molar-refractivity contribution in [2.24, 2.45) is 0 Å². The molecule has 0 fully saturated rings. The Balaban J connectivity index is 1.96. The molecule has 1 atom stereocenters. The molecule has 3 nitrogen and oxygen atoms in total. The molecular weight excluding hydrogens is 332 g/mol. The van der Waals surface area contributed by atoms with Crippen molar-refractivity contribution in [3.63, 3.8) is 0 Å². The number of hydrogen-bond donors (Lipinski definition) is 0. The fourth-order valence-electron chi connectivity index (χ4n) is 1.73. The van der Waals surface area contributed by atoms with Gasteiger partial charge in [0.2, 0.25) is 0 Å². The molecule has 1 unspecified atom stereocenters. The minimum Gasteiger partial charge on any atom is -0.460 e. The molecule has 4 heteroatoms. The van der Waals surface area contributed by atoms with Crippen molar-refractivity contribution in [2.45, 2.75) is 24.8 Å². The summed E-state index contributed by atoms with van der Waals surface area (Å²) in [6, 6.07) is 17.1. The molecule has 2 aromatic rings. The highest BCUT2D eigenvalue weighted by atomic mass is 79.9. The van der Waals surface area contributed by atoms with E-state index < -0.39 is 0 Å². The summed E-state index contributed by atoms with van der Waals surface area (Å²) in [5, 5.41) is 0. The fourth-order valence-corrected chi connectivity index (χ4v) is 1.87. The minimum absolute atomic E-state index is 0.243. The predicted octanol–water partition coefficient (Wildman–Crippen LogP) is 4.70. The molecule has 0 aliphatic heterocycles. The van der Waals surface area contributed by atoms with E-state index in [0.29, 0.717) is 6.42 Å². The zero-order valence-electron chi connectivity index (χ0n) is 11.8. The Bertz CT molecular complexity index is 584. The van der Waals surface area contributed by atoms with Gasteiger partial charge in [-0.25, -0.2) is 0 Å². The van der Waals surface area contributed by atoms with Crippen molar-refractivity contribution in [1.82, 2.24) is 0 Å². The highest BCUT2D eigenvalue weighted by molar-refractivity contribution is 9.10. The second-order valence-electron chi connectivity index (χ2n) is 4.55. The number of carbonyl (C=O) groups is 1. The first-order valence-corrected chi connectivity index (χ1v) is 7.73. The van der Waals surface area contributed by atoms with Crippen LogP contribution in [0.1, 0.15) is 18.9 Å². The molecule has 0 bridgehead atoms. The normalized spacial score (nSPS) is 11.7. The van der Waals surface area contributed by atoms with Crippen LogP contribution in [0.25, 0.3) is 0 Å². The summed E-state index contributed by atoms with van der Waals surface area (Å²) >= 11 is 3.28. The van der Waals surface area contributed by atoms with E-state index in [1.54, 1.807) is 0 Å². The summed E-state index contributed by atoms with van der Waals surface area (Å²) in [4.78, 5) is 11.4. The Kier molecular flexibility index (Phi) is 5.81. The highest BCUT2D eigenvalue weighted by Crippen LogP contribution is 2.22. The number of halogens is 1. The van der Waals surface area contributed by atoms with E-state index in [9.17, 15) is 4.79 Å². The summed E-state index contributed by atoms with van der Waals surface area (Å²) < 4.78 is 11.0. The second kappa shape index (κ2) is 7.84. The van der Waals surface area contributed by atoms with Crippen molar-refractivity contribution >= 4 is 21.9 Å². The van der Waals surface area contributed by atoms with E-state index in [1.807, 2.05) is 61.5 Å². The summed E-state index contributed by atoms with van der Waals surface area (Å²) in [5.74, 6) is 1.26. The van der Waals surface area contributed by atoms with Gasteiger partial charge in [0.05, 0.1) is 0 Å². The number of alkyl halides is 1. The molecule has 0 aromatic heterocycles. The summed E-state index contributed by atoms with van der Waals surface area (Å²) in [5.41, 5.74) is 0.896. The van der Waals surface area contributed by atoms with Crippen LogP contribution in [-0.4, -0.2) is 10.8 Å². The van der Waals surface area contributed by atoms with Crippen molar-refractivity contribution in [3.05, 3.63) is 60.2 Å². The monoisotopic (exact) mass is 348 g/mol. The lowest BCUT2D eigenvalue weighted by Crippen LogP contribution is -2.16. The molecule has 0 aliphatic carbocycles. The number of esters is 1. The first-order chi connectivity index (χ1) is 10.2. The molecule has 0 saturated heterocycles. The number of carbonyl (C=O) groups excluding carboxylic acids is 1. The lowest BCUT2D eigenvalue weighted by atomic mass is 10.2. The largest absolute Gasteiger partial charge is 0.460 e. The maximum Gasteiger partial charge on any atom is 0.320 e. The van der Waals surface area contributed by atoms with E-state index in [-0.39, 0.29) is 17.4 Å². The quantitative estimate of drug-likeness (QED) is 0.560. The smallest absolute Gasteiger partial charge is 0.320 e. The van der Waals surface area contributed by atoms with E-state index in [4.69, 9.17) is 9.47 Å². The van der Waals surface area contributed by atoms with Gasteiger partial charge in [-0.05, 0) is 36.2 Å². The van der Waals surface area contributed by atoms with Gasteiger partial charge in [-0.2, -0.15) is 0 Å². The fraction of sp³-hybridized carbons (Fsp3) is 0.235. The number of hydrogen-bond acceptors (Lipinski definition) is 3. The van der Waals surface area contributed by atoms with Crippen LogP contribution in [-0.2, 0) is 16.1 Å². The molecular formula is C17H17BrO3. The van der Waals surface area contributed by atoms with Crippen molar-refractivity contribution in [3.8, 4) is 11.5 Å². The van der Waals surface area contributed by atoms with E-state index >= 15 is 0 Å². The summed E-state index contributed by atoms with van der Waals surface area (Å²) in [6.45, 7) is 2.17. The average molecular weight is 349 g/mol. The lowest BCUT2D eigenvalue weighted by Gasteiger charge is -2.10. The molecule has 2 rings (SSSR count).